The Morgan fingerprint density at radius 3 is 2.39 bits per heavy atom. The van der Waals surface area contributed by atoms with Crippen LogP contribution in [0.1, 0.15) is 16.9 Å². The number of carbonyl (C=O) groups excluding carboxylic acids is 1. The number of rotatable bonds is 7. The van der Waals surface area contributed by atoms with Crippen LogP contribution >= 0.6 is 0 Å². The summed E-state index contributed by atoms with van der Waals surface area (Å²) in [6.45, 7) is 1.61. The molecule has 1 N–H and O–H groups in total. The Balaban J connectivity index is 1.92. The number of benzene rings is 1. The molecule has 5 heteroatoms. The van der Waals surface area contributed by atoms with Gasteiger partial charge in [-0.3, -0.25) is 4.79 Å². The number of aromatic nitrogens is 1. The monoisotopic (exact) mass is 312 g/mol. The van der Waals surface area contributed by atoms with Gasteiger partial charge in [0, 0.05) is 19.3 Å². The minimum atomic E-state index is -0.127. The largest absolute Gasteiger partial charge is 0.351 e. The molecular formula is C18H24N4O. The van der Waals surface area contributed by atoms with E-state index < -0.39 is 0 Å². The number of pyridine rings is 1. The van der Waals surface area contributed by atoms with Crippen molar-refractivity contribution >= 4 is 17.3 Å². The first-order valence-electron chi connectivity index (χ1n) is 7.75. The fourth-order valence-electron chi connectivity index (χ4n) is 2.21. The SMILES string of the molecule is CN(C)CCCNC(=O)c1ccc(N(C)c2ccccc2)cn1. The van der Waals surface area contributed by atoms with Gasteiger partial charge in [0.1, 0.15) is 5.69 Å². The van der Waals surface area contributed by atoms with E-state index in [1.54, 1.807) is 12.3 Å². The van der Waals surface area contributed by atoms with Gasteiger partial charge in [-0.2, -0.15) is 0 Å². The van der Waals surface area contributed by atoms with Crippen LogP contribution in [0.4, 0.5) is 11.4 Å². The summed E-state index contributed by atoms with van der Waals surface area (Å²) in [5, 5.41) is 2.89. The van der Waals surface area contributed by atoms with Crippen molar-refractivity contribution in [3.63, 3.8) is 0 Å². The lowest BCUT2D eigenvalue weighted by Gasteiger charge is -2.19. The van der Waals surface area contributed by atoms with E-state index in [2.05, 4.69) is 15.2 Å². The van der Waals surface area contributed by atoms with Gasteiger partial charge >= 0.3 is 0 Å². The maximum atomic E-state index is 12.0. The van der Waals surface area contributed by atoms with Crippen LogP contribution in [0.3, 0.4) is 0 Å². The summed E-state index contributed by atoms with van der Waals surface area (Å²) in [6, 6.07) is 13.7. The predicted molar refractivity (Wildman–Crippen MR) is 94.2 cm³/mol. The molecule has 5 nitrogen and oxygen atoms in total. The number of hydrogen-bond donors (Lipinski definition) is 1. The predicted octanol–water partition coefficient (Wildman–Crippen LogP) is 2.53. The quantitative estimate of drug-likeness (QED) is 0.798. The molecule has 0 unspecified atom stereocenters. The summed E-state index contributed by atoms with van der Waals surface area (Å²) < 4.78 is 0. The smallest absolute Gasteiger partial charge is 0.269 e. The zero-order valence-corrected chi connectivity index (χ0v) is 14.0. The molecule has 0 radical (unpaired) electrons. The van der Waals surface area contributed by atoms with Crippen molar-refractivity contribution in [1.82, 2.24) is 15.2 Å². The van der Waals surface area contributed by atoms with Gasteiger partial charge in [0.2, 0.25) is 0 Å². The molecule has 0 spiro atoms. The third-order valence-corrected chi connectivity index (χ3v) is 3.58. The average molecular weight is 312 g/mol. The van der Waals surface area contributed by atoms with E-state index >= 15 is 0 Å². The molecule has 1 heterocycles. The van der Waals surface area contributed by atoms with Crippen LogP contribution < -0.4 is 10.2 Å². The lowest BCUT2D eigenvalue weighted by Crippen LogP contribution is -2.27. The van der Waals surface area contributed by atoms with E-state index in [9.17, 15) is 4.79 Å². The summed E-state index contributed by atoms with van der Waals surface area (Å²) >= 11 is 0. The van der Waals surface area contributed by atoms with Crippen LogP contribution in [0, 0.1) is 0 Å². The Labute approximate surface area is 137 Å². The Hall–Kier alpha value is -2.40. The van der Waals surface area contributed by atoms with E-state index in [0.29, 0.717) is 12.2 Å². The van der Waals surface area contributed by atoms with E-state index in [1.165, 1.54) is 0 Å². The molecule has 1 aromatic heterocycles. The van der Waals surface area contributed by atoms with Gasteiger partial charge in [-0.1, -0.05) is 18.2 Å². The lowest BCUT2D eigenvalue weighted by atomic mass is 10.2. The van der Waals surface area contributed by atoms with Gasteiger partial charge in [-0.15, -0.1) is 0 Å². The highest BCUT2D eigenvalue weighted by Gasteiger charge is 2.08. The van der Waals surface area contributed by atoms with Crippen molar-refractivity contribution in [2.24, 2.45) is 0 Å². The van der Waals surface area contributed by atoms with E-state index in [1.807, 2.05) is 62.4 Å². The third kappa shape index (κ3) is 5.07. The van der Waals surface area contributed by atoms with Crippen molar-refractivity contribution in [3.05, 3.63) is 54.4 Å². The lowest BCUT2D eigenvalue weighted by molar-refractivity contribution is 0.0947. The van der Waals surface area contributed by atoms with Crippen LogP contribution in [0.15, 0.2) is 48.7 Å². The second-order valence-corrected chi connectivity index (χ2v) is 5.71. The fourth-order valence-corrected chi connectivity index (χ4v) is 2.21. The minimum Gasteiger partial charge on any atom is -0.351 e. The number of anilines is 2. The zero-order chi connectivity index (χ0) is 16.7. The highest BCUT2D eigenvalue weighted by molar-refractivity contribution is 5.92. The summed E-state index contributed by atoms with van der Waals surface area (Å²) in [6.07, 6.45) is 2.65. The molecule has 0 fully saturated rings. The summed E-state index contributed by atoms with van der Waals surface area (Å²) in [7, 11) is 6.02. The Kier molecular flexibility index (Phi) is 6.11. The van der Waals surface area contributed by atoms with Crippen LogP contribution in [0.2, 0.25) is 0 Å². The highest BCUT2D eigenvalue weighted by Crippen LogP contribution is 2.22. The molecule has 0 bridgehead atoms. The van der Waals surface area contributed by atoms with Gasteiger partial charge in [-0.25, -0.2) is 4.98 Å². The van der Waals surface area contributed by atoms with E-state index in [0.717, 1.165) is 24.3 Å². The standard InChI is InChI=1S/C18H24N4O/c1-21(2)13-7-12-19-18(23)17-11-10-16(14-20-17)22(3)15-8-5-4-6-9-15/h4-6,8-11,14H,7,12-13H2,1-3H3,(H,19,23). The molecule has 122 valence electrons. The first-order valence-corrected chi connectivity index (χ1v) is 7.75. The van der Waals surface area contributed by atoms with Crippen molar-refractivity contribution in [3.8, 4) is 0 Å². The number of amides is 1. The van der Waals surface area contributed by atoms with Crippen molar-refractivity contribution in [2.45, 2.75) is 6.42 Å². The minimum absolute atomic E-state index is 0.127. The van der Waals surface area contributed by atoms with Crippen molar-refractivity contribution in [2.75, 3.05) is 39.1 Å². The summed E-state index contributed by atoms with van der Waals surface area (Å²) in [5.74, 6) is -0.127. The van der Waals surface area contributed by atoms with Gasteiger partial charge < -0.3 is 15.1 Å². The van der Waals surface area contributed by atoms with Crippen LogP contribution in [-0.2, 0) is 0 Å². The Bertz CT molecular complexity index is 611. The second-order valence-electron chi connectivity index (χ2n) is 5.71. The van der Waals surface area contributed by atoms with E-state index in [4.69, 9.17) is 0 Å². The zero-order valence-electron chi connectivity index (χ0n) is 14.0. The van der Waals surface area contributed by atoms with Gasteiger partial charge in [-0.05, 0) is 51.3 Å². The molecule has 0 aliphatic carbocycles. The van der Waals surface area contributed by atoms with Crippen LogP contribution in [-0.4, -0.2) is 50.0 Å². The number of nitrogens with zero attached hydrogens (tertiary/aromatic N) is 3. The maximum absolute atomic E-state index is 12.0. The van der Waals surface area contributed by atoms with Crippen LogP contribution in [0.5, 0.6) is 0 Å². The molecule has 1 amide bonds. The number of para-hydroxylation sites is 1. The summed E-state index contributed by atoms with van der Waals surface area (Å²) in [4.78, 5) is 20.4. The molecule has 23 heavy (non-hydrogen) atoms. The number of hydrogen-bond acceptors (Lipinski definition) is 4. The van der Waals surface area contributed by atoms with Crippen LogP contribution in [0.25, 0.3) is 0 Å². The molecule has 0 aliphatic heterocycles. The maximum Gasteiger partial charge on any atom is 0.269 e. The molecule has 0 saturated carbocycles. The van der Waals surface area contributed by atoms with Gasteiger partial charge in [0.05, 0.1) is 11.9 Å². The highest BCUT2D eigenvalue weighted by atomic mass is 16.1. The average Bonchev–Trinajstić information content (AvgIpc) is 2.58. The molecule has 2 rings (SSSR count). The Morgan fingerprint density at radius 1 is 1.04 bits per heavy atom. The number of carbonyl (C=O) groups is 1. The third-order valence-electron chi connectivity index (χ3n) is 3.58. The first kappa shape index (κ1) is 17.0. The molecule has 0 atom stereocenters. The molecule has 0 saturated heterocycles. The Morgan fingerprint density at radius 2 is 1.78 bits per heavy atom. The van der Waals surface area contributed by atoms with E-state index in [-0.39, 0.29) is 5.91 Å². The second kappa shape index (κ2) is 8.29. The normalized spacial score (nSPS) is 10.6. The number of nitrogens with one attached hydrogen (secondary N) is 1. The molecule has 1 aromatic carbocycles. The topological polar surface area (TPSA) is 48.5 Å². The fraction of sp³-hybridized carbons (Fsp3) is 0.333. The molecule has 0 aliphatic rings. The molecular weight excluding hydrogens is 288 g/mol. The summed E-state index contributed by atoms with van der Waals surface area (Å²) in [5.41, 5.74) is 2.47. The first-order chi connectivity index (χ1) is 11.1. The van der Waals surface area contributed by atoms with Gasteiger partial charge in [0.15, 0.2) is 0 Å². The molecule has 2 aromatic rings. The van der Waals surface area contributed by atoms with Gasteiger partial charge in [0.25, 0.3) is 5.91 Å². The van der Waals surface area contributed by atoms with Crippen molar-refractivity contribution < 1.29 is 4.79 Å². The van der Waals surface area contributed by atoms with Crippen molar-refractivity contribution in [1.29, 1.82) is 0 Å².